The fourth-order valence-electron chi connectivity index (χ4n) is 14.0. The van der Waals surface area contributed by atoms with Crippen LogP contribution in [-0.4, -0.2) is 0 Å². The highest BCUT2D eigenvalue weighted by Crippen LogP contribution is 2.67. The Kier molecular flexibility index (Phi) is 6.51. The minimum absolute atomic E-state index is 0.133. The van der Waals surface area contributed by atoms with Crippen LogP contribution in [0.1, 0.15) is 93.4 Å². The summed E-state index contributed by atoms with van der Waals surface area (Å²) in [6.07, 6.45) is 13.7. The molecule has 0 amide bonds. The van der Waals surface area contributed by atoms with Crippen molar-refractivity contribution >= 4 is 27.8 Å². The van der Waals surface area contributed by atoms with Gasteiger partial charge in [0.2, 0.25) is 0 Å². The molecule has 262 valence electrons. The maximum Gasteiger partial charge on any atom is 0.0540 e. The van der Waals surface area contributed by atoms with Crippen molar-refractivity contribution in [3.05, 3.63) is 150 Å². The zero-order valence-corrected chi connectivity index (χ0v) is 31.0. The van der Waals surface area contributed by atoms with Crippen LogP contribution in [-0.2, 0) is 10.8 Å². The molecule has 0 heterocycles. The van der Waals surface area contributed by atoms with E-state index in [1.165, 1.54) is 114 Å². The first-order chi connectivity index (χ1) is 26.2. The molecule has 0 aromatic heterocycles. The van der Waals surface area contributed by atoms with Crippen molar-refractivity contribution in [1.82, 2.24) is 0 Å². The minimum atomic E-state index is 0.133. The molecule has 0 radical (unpaired) electrons. The normalized spacial score (nSPS) is 29.7. The van der Waals surface area contributed by atoms with E-state index in [1.54, 1.807) is 22.3 Å². The lowest BCUT2D eigenvalue weighted by atomic mass is 9.50. The molecule has 4 saturated carbocycles. The molecule has 0 aliphatic heterocycles. The average Bonchev–Trinajstić information content (AvgIpc) is 3.97. The number of hydrogen-bond acceptors (Lipinski definition) is 1. The Balaban J connectivity index is 1.09. The Morgan fingerprint density at radius 1 is 0.547 bits per heavy atom. The molecule has 6 aliphatic carbocycles. The predicted octanol–water partition coefficient (Wildman–Crippen LogP) is 13.9. The maximum absolute atomic E-state index is 2.64. The summed E-state index contributed by atoms with van der Waals surface area (Å²) in [6.45, 7) is 2.47. The molecule has 1 heteroatoms. The second-order valence-electron chi connectivity index (χ2n) is 17.9. The summed E-state index contributed by atoms with van der Waals surface area (Å²) in [5.74, 6) is 3.94. The van der Waals surface area contributed by atoms with Crippen LogP contribution < -0.4 is 4.90 Å². The van der Waals surface area contributed by atoms with E-state index in [0.717, 1.165) is 23.7 Å². The third kappa shape index (κ3) is 3.99. The van der Waals surface area contributed by atoms with Crippen molar-refractivity contribution in [1.29, 1.82) is 0 Å². The second kappa shape index (κ2) is 11.2. The van der Waals surface area contributed by atoms with Crippen molar-refractivity contribution < 1.29 is 0 Å². The van der Waals surface area contributed by atoms with E-state index in [0.29, 0.717) is 5.92 Å². The average molecular weight is 688 g/mol. The molecule has 7 atom stereocenters. The fraction of sp³-hybridized carbons (Fsp3) is 0.346. The first kappa shape index (κ1) is 30.8. The molecule has 4 fully saturated rings. The first-order valence-electron chi connectivity index (χ1n) is 20.9. The van der Waals surface area contributed by atoms with Gasteiger partial charge >= 0.3 is 0 Å². The van der Waals surface area contributed by atoms with Gasteiger partial charge in [0.05, 0.1) is 5.69 Å². The molecule has 6 aromatic rings. The van der Waals surface area contributed by atoms with Crippen molar-refractivity contribution in [3.63, 3.8) is 0 Å². The van der Waals surface area contributed by atoms with Gasteiger partial charge in [-0.1, -0.05) is 130 Å². The molecular formula is C52H49N. The van der Waals surface area contributed by atoms with Crippen LogP contribution >= 0.6 is 0 Å². The second-order valence-corrected chi connectivity index (χ2v) is 17.9. The zero-order valence-electron chi connectivity index (χ0n) is 31.0. The third-order valence-corrected chi connectivity index (χ3v) is 15.8. The van der Waals surface area contributed by atoms with Crippen LogP contribution in [0.3, 0.4) is 0 Å². The quantitative estimate of drug-likeness (QED) is 0.178. The number of nitrogens with zero attached hydrogens (tertiary/aromatic N) is 1. The monoisotopic (exact) mass is 687 g/mol. The van der Waals surface area contributed by atoms with Crippen molar-refractivity contribution in [2.24, 2.45) is 29.6 Å². The molecule has 53 heavy (non-hydrogen) atoms. The number of rotatable bonds is 4. The lowest BCUT2D eigenvalue weighted by Gasteiger charge is -2.54. The van der Waals surface area contributed by atoms with Crippen molar-refractivity contribution in [3.8, 4) is 22.3 Å². The highest BCUT2D eigenvalue weighted by atomic mass is 15.1. The summed E-state index contributed by atoms with van der Waals surface area (Å²) in [4.78, 5) is 2.62. The van der Waals surface area contributed by atoms with Gasteiger partial charge in [-0.3, -0.25) is 0 Å². The van der Waals surface area contributed by atoms with Gasteiger partial charge in [-0.25, -0.2) is 0 Å². The lowest BCUT2D eigenvalue weighted by molar-refractivity contribution is 0.0557. The fourth-order valence-corrected chi connectivity index (χ4v) is 14.0. The van der Waals surface area contributed by atoms with Crippen LogP contribution in [0.2, 0.25) is 0 Å². The van der Waals surface area contributed by atoms with Crippen LogP contribution in [0, 0.1) is 29.6 Å². The van der Waals surface area contributed by atoms with Gasteiger partial charge in [0, 0.05) is 27.6 Å². The molecule has 4 bridgehead atoms. The third-order valence-electron chi connectivity index (χ3n) is 15.8. The Hall–Kier alpha value is -4.62. The Labute approximate surface area is 315 Å². The van der Waals surface area contributed by atoms with Gasteiger partial charge in [-0.15, -0.1) is 0 Å². The molecule has 0 N–H and O–H groups in total. The van der Waals surface area contributed by atoms with E-state index in [9.17, 15) is 0 Å². The largest absolute Gasteiger partial charge is 0.310 e. The molecule has 0 saturated heterocycles. The molecule has 6 aromatic carbocycles. The maximum atomic E-state index is 2.64. The van der Waals surface area contributed by atoms with Crippen LogP contribution in [0.25, 0.3) is 33.0 Å². The Morgan fingerprint density at radius 3 is 2.11 bits per heavy atom. The number of anilines is 3. The lowest BCUT2D eigenvalue weighted by Crippen LogP contribution is -2.48. The zero-order chi connectivity index (χ0) is 34.9. The summed E-state index contributed by atoms with van der Waals surface area (Å²) in [6, 6.07) is 50.1. The number of benzene rings is 6. The van der Waals surface area contributed by atoms with Gasteiger partial charge in [-0.2, -0.15) is 0 Å². The van der Waals surface area contributed by atoms with E-state index >= 15 is 0 Å². The van der Waals surface area contributed by atoms with Crippen LogP contribution in [0.4, 0.5) is 17.1 Å². The van der Waals surface area contributed by atoms with Gasteiger partial charge < -0.3 is 4.90 Å². The Morgan fingerprint density at radius 2 is 1.26 bits per heavy atom. The Bertz CT molecular complexity index is 2450. The van der Waals surface area contributed by atoms with E-state index in [4.69, 9.17) is 0 Å². The predicted molar refractivity (Wildman–Crippen MR) is 220 cm³/mol. The van der Waals surface area contributed by atoms with E-state index in [1.807, 2.05) is 0 Å². The van der Waals surface area contributed by atoms with Gasteiger partial charge in [0.1, 0.15) is 0 Å². The summed E-state index contributed by atoms with van der Waals surface area (Å²) < 4.78 is 0. The summed E-state index contributed by atoms with van der Waals surface area (Å²) in [7, 11) is 0. The summed E-state index contributed by atoms with van der Waals surface area (Å²) in [5.41, 5.74) is 16.4. The number of fused-ring (bicyclic) bond motifs is 17. The molecule has 2 spiro atoms. The van der Waals surface area contributed by atoms with Gasteiger partial charge in [0.15, 0.2) is 0 Å². The molecule has 7 unspecified atom stereocenters. The molecular weight excluding hydrogens is 639 g/mol. The van der Waals surface area contributed by atoms with Crippen LogP contribution in [0.5, 0.6) is 0 Å². The highest BCUT2D eigenvalue weighted by Gasteiger charge is 2.58. The molecule has 6 aliphatic rings. The van der Waals surface area contributed by atoms with Crippen molar-refractivity contribution in [2.45, 2.75) is 82.0 Å². The molecule has 1 nitrogen and oxygen atoms in total. The SMILES string of the molecule is CCC1CC2CCCC(C2)C12c1ccccc1-c1cc(N(c3ccc4c(c3)C3(CC5CCC3C5)c3ccccc3-4)c3cccc4ccccc34)ccc12. The minimum Gasteiger partial charge on any atom is -0.310 e. The summed E-state index contributed by atoms with van der Waals surface area (Å²) >= 11 is 0. The highest BCUT2D eigenvalue weighted by molar-refractivity contribution is 6.00. The van der Waals surface area contributed by atoms with Crippen LogP contribution in [0.15, 0.2) is 127 Å². The standard InChI is InChI=1S/C52H49N/c1-2-36-27-33-11-9-14-38(28-33)52(36)47-19-8-6-17-43(47)45-30-39(24-26-48(45)52)53(50-20-10-13-35-12-3-4-15-41(35)50)40-23-25-44-42-16-5-7-18-46(42)51(49(44)31-40)32-34-21-22-37(51)29-34/h3-8,10,12-13,15-20,23-26,30-31,33-34,36-38H,2,9,11,14,21-22,27-29,32H2,1H3. The smallest absolute Gasteiger partial charge is 0.0540 e. The summed E-state index contributed by atoms with van der Waals surface area (Å²) in [5, 5.41) is 2.59. The van der Waals surface area contributed by atoms with E-state index in [-0.39, 0.29) is 10.8 Å². The topological polar surface area (TPSA) is 3.24 Å². The first-order valence-corrected chi connectivity index (χ1v) is 20.9. The molecule has 12 rings (SSSR count). The van der Waals surface area contributed by atoms with E-state index < -0.39 is 0 Å². The van der Waals surface area contributed by atoms with E-state index in [2.05, 4.69) is 139 Å². The van der Waals surface area contributed by atoms with Gasteiger partial charge in [-0.05, 0) is 148 Å². The van der Waals surface area contributed by atoms with Gasteiger partial charge in [0.25, 0.3) is 0 Å². The number of hydrogen-bond donors (Lipinski definition) is 0. The van der Waals surface area contributed by atoms with Crippen molar-refractivity contribution in [2.75, 3.05) is 4.90 Å².